The second-order valence-corrected chi connectivity index (χ2v) is 20.9. The maximum atomic E-state index is 13.3. The summed E-state index contributed by atoms with van der Waals surface area (Å²) in [7, 11) is 0. The van der Waals surface area contributed by atoms with Crippen LogP contribution in [0.25, 0.3) is 0 Å². The fourth-order valence-electron chi connectivity index (χ4n) is 10.8. The number of rotatable bonds is 29. The van der Waals surface area contributed by atoms with Crippen molar-refractivity contribution in [1.29, 1.82) is 0 Å². The summed E-state index contributed by atoms with van der Waals surface area (Å²) < 4.78 is 12.5. The summed E-state index contributed by atoms with van der Waals surface area (Å²) in [6.45, 7) is 5.68. The molecular weight excluding hydrogens is 697 g/mol. The van der Waals surface area contributed by atoms with E-state index < -0.39 is 0 Å². The van der Waals surface area contributed by atoms with Crippen LogP contribution in [0.3, 0.4) is 0 Å². The van der Waals surface area contributed by atoms with E-state index in [4.69, 9.17) is 9.47 Å². The van der Waals surface area contributed by atoms with E-state index in [-0.39, 0.29) is 29.4 Å². The monoisotopic (exact) mass is 777 g/mol. The number of ether oxygens (including phenoxy) is 2. The molecule has 5 rings (SSSR count). The lowest BCUT2D eigenvalue weighted by Crippen LogP contribution is -2.47. The van der Waals surface area contributed by atoms with E-state index in [2.05, 4.69) is 43.4 Å². The molecule has 306 valence electrons. The quantitative estimate of drug-likeness (QED) is 0.0267. The Kier molecular flexibility index (Phi) is 21.7. The number of hydrogen-bond acceptors (Lipinski definition) is 7. The van der Waals surface area contributed by atoms with Crippen LogP contribution in [0.5, 0.6) is 0 Å². The highest BCUT2D eigenvalue weighted by Crippen LogP contribution is 2.61. The molecule has 5 saturated carbocycles. The zero-order chi connectivity index (χ0) is 37.6. The van der Waals surface area contributed by atoms with Crippen molar-refractivity contribution in [2.75, 3.05) is 31.3 Å². The van der Waals surface area contributed by atoms with Crippen molar-refractivity contribution in [2.45, 2.75) is 205 Å². The van der Waals surface area contributed by atoms with Gasteiger partial charge in [0.05, 0.1) is 24.2 Å². The molecule has 0 amide bonds. The molecule has 0 spiro atoms. The van der Waals surface area contributed by atoms with Crippen LogP contribution in [0.4, 0.5) is 0 Å². The number of aliphatic hydroxyl groups is 1. The van der Waals surface area contributed by atoms with Crippen molar-refractivity contribution in [1.82, 2.24) is 0 Å². The van der Waals surface area contributed by atoms with Gasteiger partial charge >= 0.3 is 11.9 Å². The molecule has 5 aliphatic carbocycles. The highest BCUT2D eigenvalue weighted by atomic mass is 32.2. The second-order valence-electron chi connectivity index (χ2n) is 18.0. The van der Waals surface area contributed by atoms with E-state index in [1.54, 1.807) is 0 Å². The van der Waals surface area contributed by atoms with Gasteiger partial charge in [-0.15, -0.1) is 23.5 Å². The number of esters is 2. The molecule has 0 radical (unpaired) electrons. The summed E-state index contributed by atoms with van der Waals surface area (Å²) in [4.78, 5) is 26.4. The number of allylic oxidation sites excluding steroid dienone is 1. The third kappa shape index (κ3) is 17.2. The summed E-state index contributed by atoms with van der Waals surface area (Å²) in [5.74, 6) is 4.89. The summed E-state index contributed by atoms with van der Waals surface area (Å²) in [6, 6.07) is 0. The lowest BCUT2D eigenvalue weighted by atomic mass is 9.49. The molecule has 7 heteroatoms. The first-order valence-electron chi connectivity index (χ1n) is 22.7. The fraction of sp³-hybridized carbons (Fsp3) is 0.913. The van der Waals surface area contributed by atoms with E-state index in [0.29, 0.717) is 30.6 Å². The van der Waals surface area contributed by atoms with Gasteiger partial charge in [0.1, 0.15) is 0 Å². The molecule has 0 aromatic rings. The first kappa shape index (κ1) is 45.0. The van der Waals surface area contributed by atoms with Crippen molar-refractivity contribution in [3.8, 4) is 0 Å². The zero-order valence-corrected chi connectivity index (χ0v) is 36.0. The molecule has 0 saturated heterocycles. The van der Waals surface area contributed by atoms with Gasteiger partial charge in [-0.2, -0.15) is 0 Å². The summed E-state index contributed by atoms with van der Waals surface area (Å²) in [6.07, 6.45) is 35.7. The van der Waals surface area contributed by atoms with Crippen LogP contribution in [0.15, 0.2) is 11.6 Å². The van der Waals surface area contributed by atoms with Crippen molar-refractivity contribution in [3.05, 3.63) is 11.6 Å². The molecule has 1 N–H and O–H groups in total. The third-order valence-electron chi connectivity index (χ3n) is 13.4. The Labute approximate surface area is 334 Å². The zero-order valence-electron chi connectivity index (χ0n) is 34.3. The largest absolute Gasteiger partial charge is 0.466 e. The standard InChI is InChI=1S/C46H80O5S2/c1-3-5-7-9-11-13-29-52-44(53-30-14-12-10-8-6-4-2)20-19-42(48)50-27-24-45(22-15-17-38(21-23-45)18-16-26-47)25-28-51-43(49)37-46-34-39-31-40(35-46)33-41(32-39)36-46/h18,39-41,44,47H,3-17,19-37H2,1-2H3/b38-18-. The molecule has 1 atom stereocenters. The van der Waals surface area contributed by atoms with Crippen LogP contribution in [0, 0.1) is 28.6 Å². The minimum Gasteiger partial charge on any atom is -0.466 e. The van der Waals surface area contributed by atoms with Gasteiger partial charge in [-0.3, -0.25) is 9.59 Å². The maximum absolute atomic E-state index is 13.3. The van der Waals surface area contributed by atoms with Crippen LogP contribution >= 0.6 is 23.5 Å². The summed E-state index contributed by atoms with van der Waals surface area (Å²) in [5.41, 5.74) is 1.67. The molecule has 5 nitrogen and oxygen atoms in total. The van der Waals surface area contributed by atoms with E-state index >= 15 is 0 Å². The van der Waals surface area contributed by atoms with Gasteiger partial charge in [0.25, 0.3) is 0 Å². The topological polar surface area (TPSA) is 72.8 Å². The number of thioether (sulfide) groups is 2. The van der Waals surface area contributed by atoms with Crippen molar-refractivity contribution in [3.63, 3.8) is 0 Å². The average molecular weight is 777 g/mol. The second kappa shape index (κ2) is 25.6. The van der Waals surface area contributed by atoms with Gasteiger partial charge in [0.2, 0.25) is 0 Å². The molecule has 0 aromatic heterocycles. The molecule has 0 aromatic carbocycles. The summed E-state index contributed by atoms with van der Waals surface area (Å²) in [5, 5.41) is 9.41. The molecule has 1 unspecified atom stereocenters. The predicted octanol–water partition coefficient (Wildman–Crippen LogP) is 13.0. The van der Waals surface area contributed by atoms with Crippen LogP contribution < -0.4 is 0 Å². The predicted molar refractivity (Wildman–Crippen MR) is 226 cm³/mol. The fourth-order valence-corrected chi connectivity index (χ4v) is 13.6. The minimum atomic E-state index is -0.0513. The molecule has 5 aliphatic rings. The maximum Gasteiger partial charge on any atom is 0.306 e. The summed E-state index contributed by atoms with van der Waals surface area (Å²) >= 11 is 4.15. The Bertz CT molecular complexity index is 1010. The van der Waals surface area contributed by atoms with E-state index in [0.717, 1.165) is 75.5 Å². The minimum absolute atomic E-state index is 0.0124. The van der Waals surface area contributed by atoms with Gasteiger partial charge in [-0.05, 0) is 149 Å². The number of carbonyl (C=O) groups excluding carboxylic acids is 2. The molecule has 0 aliphatic heterocycles. The highest BCUT2D eigenvalue weighted by molar-refractivity contribution is 8.17. The van der Waals surface area contributed by atoms with Gasteiger partial charge in [-0.25, -0.2) is 0 Å². The Hall–Kier alpha value is -0.660. The van der Waals surface area contributed by atoms with Gasteiger partial charge in [-0.1, -0.05) is 89.7 Å². The lowest BCUT2D eigenvalue weighted by molar-refractivity contribution is -0.152. The average Bonchev–Trinajstić information content (AvgIpc) is 3.33. The van der Waals surface area contributed by atoms with E-state index in [9.17, 15) is 14.7 Å². The van der Waals surface area contributed by atoms with Crippen molar-refractivity contribution in [2.24, 2.45) is 28.6 Å². The first-order valence-corrected chi connectivity index (χ1v) is 24.8. The number of unbranched alkanes of at least 4 members (excludes halogenated alkanes) is 10. The van der Waals surface area contributed by atoms with Crippen molar-refractivity contribution < 1.29 is 24.2 Å². The van der Waals surface area contributed by atoms with Crippen LogP contribution in [-0.4, -0.2) is 53.0 Å². The third-order valence-corrected chi connectivity index (χ3v) is 16.5. The SMILES string of the molecule is CCCCCCCCSC(CCC(=O)OCCC1(CCOC(=O)CC23CC4CC(CC(C4)C2)C3)CCC/C(=C/CCO)CC1)SCCCCCCCC. The number of hydrogen-bond donors (Lipinski definition) is 1. The van der Waals surface area contributed by atoms with E-state index in [1.807, 2.05) is 0 Å². The molecular formula is C46H80O5S2. The smallest absolute Gasteiger partial charge is 0.306 e. The lowest BCUT2D eigenvalue weighted by Gasteiger charge is -2.56. The van der Waals surface area contributed by atoms with Crippen LogP contribution in [0.2, 0.25) is 0 Å². The Balaban J connectivity index is 1.22. The van der Waals surface area contributed by atoms with Gasteiger partial charge in [0.15, 0.2) is 0 Å². The number of carbonyl (C=O) groups is 2. The van der Waals surface area contributed by atoms with Crippen molar-refractivity contribution >= 4 is 35.5 Å². The van der Waals surface area contributed by atoms with E-state index in [1.165, 1.54) is 133 Å². The number of aliphatic hydroxyl groups excluding tert-OH is 1. The van der Waals surface area contributed by atoms with Gasteiger partial charge in [0, 0.05) is 13.0 Å². The molecule has 5 fully saturated rings. The normalized spacial score (nSPS) is 27.4. The highest BCUT2D eigenvalue weighted by Gasteiger charge is 2.51. The van der Waals surface area contributed by atoms with Gasteiger partial charge < -0.3 is 14.6 Å². The molecule has 4 bridgehead atoms. The Morgan fingerprint density at radius 3 is 1.87 bits per heavy atom. The Morgan fingerprint density at radius 1 is 0.755 bits per heavy atom. The van der Waals surface area contributed by atoms with Crippen LogP contribution in [-0.2, 0) is 19.1 Å². The van der Waals surface area contributed by atoms with Crippen LogP contribution in [0.1, 0.15) is 200 Å². The molecule has 53 heavy (non-hydrogen) atoms. The first-order chi connectivity index (χ1) is 25.9. The molecule has 0 heterocycles. The Morgan fingerprint density at radius 2 is 1.30 bits per heavy atom.